The lowest BCUT2D eigenvalue weighted by Crippen LogP contribution is -2.44. The highest BCUT2D eigenvalue weighted by molar-refractivity contribution is 7.99. The predicted octanol–water partition coefficient (Wildman–Crippen LogP) is 3.31. The normalized spacial score (nSPS) is 25.4. The van der Waals surface area contributed by atoms with Crippen molar-refractivity contribution in [3.63, 3.8) is 0 Å². The van der Waals surface area contributed by atoms with E-state index in [1.807, 2.05) is 17.8 Å². The van der Waals surface area contributed by atoms with Crippen LogP contribution < -0.4 is 4.90 Å². The molecular weight excluding hydrogens is 280 g/mol. The van der Waals surface area contributed by atoms with E-state index >= 15 is 0 Å². The van der Waals surface area contributed by atoms with Crippen LogP contribution in [0.4, 0.5) is 5.82 Å². The molecule has 104 valence electrons. The van der Waals surface area contributed by atoms with Gasteiger partial charge in [-0.2, -0.15) is 11.8 Å². The molecule has 1 aromatic rings. The van der Waals surface area contributed by atoms with E-state index in [0.29, 0.717) is 11.2 Å². The Morgan fingerprint density at radius 1 is 1.47 bits per heavy atom. The number of rotatable bonds is 3. The highest BCUT2D eigenvalue weighted by Gasteiger charge is 2.44. The van der Waals surface area contributed by atoms with Crippen molar-refractivity contribution >= 4 is 29.2 Å². The fourth-order valence-corrected chi connectivity index (χ4v) is 3.75. The van der Waals surface area contributed by atoms with Crippen LogP contribution in [0.5, 0.6) is 0 Å². The van der Waals surface area contributed by atoms with Gasteiger partial charge in [-0.25, -0.2) is 4.98 Å². The van der Waals surface area contributed by atoms with Gasteiger partial charge < -0.3 is 9.64 Å². The highest BCUT2D eigenvalue weighted by atomic mass is 35.5. The molecule has 1 aromatic heterocycles. The van der Waals surface area contributed by atoms with Crippen molar-refractivity contribution in [2.45, 2.75) is 30.6 Å². The van der Waals surface area contributed by atoms with E-state index in [1.54, 1.807) is 0 Å². The first-order chi connectivity index (χ1) is 9.14. The summed E-state index contributed by atoms with van der Waals surface area (Å²) in [6.45, 7) is 4.59. The molecular formula is C14H19ClN2OS. The molecule has 0 N–H and O–H groups in total. The van der Waals surface area contributed by atoms with Gasteiger partial charge in [-0.05, 0) is 43.7 Å². The minimum Gasteiger partial charge on any atom is -0.377 e. The molecule has 5 heteroatoms. The minimum atomic E-state index is 0.289. The third-order valence-corrected chi connectivity index (χ3v) is 5.68. The highest BCUT2D eigenvalue weighted by Crippen LogP contribution is 2.56. The fourth-order valence-electron chi connectivity index (χ4n) is 2.68. The van der Waals surface area contributed by atoms with Gasteiger partial charge in [-0.15, -0.1) is 0 Å². The lowest BCUT2D eigenvalue weighted by molar-refractivity contribution is 0.0985. The number of morpholine rings is 1. The van der Waals surface area contributed by atoms with Crippen LogP contribution in [0.15, 0.2) is 12.1 Å². The molecule has 2 heterocycles. The number of pyridine rings is 1. The predicted molar refractivity (Wildman–Crippen MR) is 81.3 cm³/mol. The van der Waals surface area contributed by atoms with Crippen LogP contribution in [0.1, 0.15) is 25.3 Å². The Balaban J connectivity index is 1.93. The molecule has 1 saturated carbocycles. The largest absolute Gasteiger partial charge is 0.377 e. The van der Waals surface area contributed by atoms with E-state index in [-0.39, 0.29) is 4.75 Å². The average molecular weight is 299 g/mol. The number of thioether (sulfide) groups is 1. The van der Waals surface area contributed by atoms with E-state index in [9.17, 15) is 0 Å². The number of ether oxygens (including phenoxy) is 1. The van der Waals surface area contributed by atoms with Crippen molar-refractivity contribution < 1.29 is 4.74 Å². The topological polar surface area (TPSA) is 25.4 Å². The summed E-state index contributed by atoms with van der Waals surface area (Å²) in [5, 5.41) is 0.603. The Labute approximate surface area is 123 Å². The summed E-state index contributed by atoms with van der Waals surface area (Å²) in [5.74, 6) is 0.999. The number of aromatic nitrogens is 1. The molecule has 3 nitrogen and oxygen atoms in total. The van der Waals surface area contributed by atoms with Gasteiger partial charge in [0.05, 0.1) is 19.3 Å². The van der Waals surface area contributed by atoms with Crippen molar-refractivity contribution in [3.05, 3.63) is 22.8 Å². The lowest BCUT2D eigenvalue weighted by Gasteiger charge is -2.34. The van der Waals surface area contributed by atoms with Gasteiger partial charge in [0.25, 0.3) is 0 Å². The van der Waals surface area contributed by atoms with Gasteiger partial charge in [0.15, 0.2) is 0 Å². The fraction of sp³-hybridized carbons (Fsp3) is 0.643. The second kappa shape index (κ2) is 5.15. The minimum absolute atomic E-state index is 0.289. The summed E-state index contributed by atoms with van der Waals surface area (Å²) < 4.78 is 5.78. The zero-order valence-corrected chi connectivity index (χ0v) is 12.9. The van der Waals surface area contributed by atoms with Crippen molar-refractivity contribution in [2.24, 2.45) is 0 Å². The summed E-state index contributed by atoms with van der Waals surface area (Å²) in [4.78, 5) is 6.81. The van der Waals surface area contributed by atoms with E-state index < -0.39 is 0 Å². The number of hydrogen-bond donors (Lipinski definition) is 0. The Kier molecular flexibility index (Phi) is 3.67. The number of hydrogen-bond acceptors (Lipinski definition) is 4. The third kappa shape index (κ3) is 2.58. The molecule has 2 aliphatic rings. The molecule has 0 spiro atoms. The molecule has 1 aliphatic heterocycles. The molecule has 0 aromatic carbocycles. The molecule has 1 atom stereocenters. The van der Waals surface area contributed by atoms with Gasteiger partial charge >= 0.3 is 0 Å². The van der Waals surface area contributed by atoms with E-state index in [2.05, 4.69) is 29.1 Å². The number of anilines is 1. The van der Waals surface area contributed by atoms with Crippen molar-refractivity contribution in [2.75, 3.05) is 30.9 Å². The molecule has 0 radical (unpaired) electrons. The first-order valence-electron chi connectivity index (χ1n) is 6.72. The Hall–Kier alpha value is -0.450. The Bertz CT molecular complexity index is 479. The van der Waals surface area contributed by atoms with Gasteiger partial charge in [0, 0.05) is 11.3 Å². The van der Waals surface area contributed by atoms with E-state index in [4.69, 9.17) is 16.3 Å². The molecule has 1 saturated heterocycles. The maximum atomic E-state index is 6.23. The van der Waals surface area contributed by atoms with Crippen molar-refractivity contribution in [1.29, 1.82) is 0 Å². The SMILES string of the molecule is CSC1(c2cc(Cl)nc(N3CCOCC3C)c2)CC1. The molecule has 19 heavy (non-hydrogen) atoms. The third-order valence-electron chi connectivity index (χ3n) is 4.06. The van der Waals surface area contributed by atoms with Crippen molar-refractivity contribution in [3.8, 4) is 0 Å². The van der Waals surface area contributed by atoms with Crippen LogP contribution in [-0.4, -0.2) is 37.0 Å². The summed E-state index contributed by atoms with van der Waals surface area (Å²) >= 11 is 8.16. The van der Waals surface area contributed by atoms with Gasteiger partial charge in [0.2, 0.25) is 0 Å². The second-order valence-corrected chi connectivity index (χ2v) is 6.93. The maximum Gasteiger partial charge on any atom is 0.131 e. The molecule has 0 amide bonds. The standard InChI is InChI=1S/C14H19ClN2OS/c1-10-9-18-6-5-17(10)13-8-11(7-12(15)16-13)14(19-2)3-4-14/h7-8,10H,3-6,9H2,1-2H3. The number of halogens is 1. The van der Waals surface area contributed by atoms with Gasteiger partial charge in [0.1, 0.15) is 11.0 Å². The molecule has 2 fully saturated rings. The zero-order chi connectivity index (χ0) is 13.5. The lowest BCUT2D eigenvalue weighted by atomic mass is 10.1. The monoisotopic (exact) mass is 298 g/mol. The maximum absolute atomic E-state index is 6.23. The van der Waals surface area contributed by atoms with Crippen LogP contribution in [0.2, 0.25) is 5.15 Å². The number of nitrogens with zero attached hydrogens (tertiary/aromatic N) is 2. The van der Waals surface area contributed by atoms with Crippen LogP contribution in [0, 0.1) is 0 Å². The zero-order valence-electron chi connectivity index (χ0n) is 11.4. The van der Waals surface area contributed by atoms with Gasteiger partial charge in [-0.1, -0.05) is 11.6 Å². The van der Waals surface area contributed by atoms with Crippen LogP contribution in [0.25, 0.3) is 0 Å². The first kappa shape index (κ1) is 13.5. The molecule has 1 unspecified atom stereocenters. The molecule has 3 rings (SSSR count). The van der Waals surface area contributed by atoms with E-state index in [0.717, 1.165) is 25.6 Å². The van der Waals surface area contributed by atoms with E-state index in [1.165, 1.54) is 18.4 Å². The Morgan fingerprint density at radius 3 is 2.89 bits per heavy atom. The van der Waals surface area contributed by atoms with Crippen LogP contribution >= 0.6 is 23.4 Å². The summed E-state index contributed by atoms with van der Waals surface area (Å²) in [6, 6.07) is 4.61. The van der Waals surface area contributed by atoms with Crippen molar-refractivity contribution in [1.82, 2.24) is 4.98 Å². The van der Waals surface area contributed by atoms with Crippen LogP contribution in [0.3, 0.4) is 0 Å². The Morgan fingerprint density at radius 2 is 2.26 bits per heavy atom. The van der Waals surface area contributed by atoms with Gasteiger partial charge in [-0.3, -0.25) is 0 Å². The first-order valence-corrected chi connectivity index (χ1v) is 8.32. The smallest absolute Gasteiger partial charge is 0.131 e. The molecule has 0 bridgehead atoms. The molecule has 1 aliphatic carbocycles. The second-order valence-electron chi connectivity index (χ2n) is 5.35. The average Bonchev–Trinajstić information content (AvgIpc) is 3.19. The van der Waals surface area contributed by atoms with Crippen LogP contribution in [-0.2, 0) is 9.48 Å². The summed E-state index contributed by atoms with van der Waals surface area (Å²) in [5.41, 5.74) is 1.33. The quantitative estimate of drug-likeness (QED) is 0.800. The summed E-state index contributed by atoms with van der Waals surface area (Å²) in [6.07, 6.45) is 4.66. The summed E-state index contributed by atoms with van der Waals surface area (Å²) in [7, 11) is 0.